The topological polar surface area (TPSA) is 57.4 Å². The molecule has 1 heterocycles. The van der Waals surface area contributed by atoms with E-state index in [4.69, 9.17) is 26.8 Å². The Balaban J connectivity index is 2.26. The van der Waals surface area contributed by atoms with E-state index in [1.807, 2.05) is 25.1 Å². The summed E-state index contributed by atoms with van der Waals surface area (Å²) in [4.78, 5) is 4.23. The van der Waals surface area contributed by atoms with Crippen LogP contribution >= 0.6 is 11.6 Å². The van der Waals surface area contributed by atoms with Crippen molar-refractivity contribution >= 4 is 11.6 Å². The molecule has 1 aromatic carbocycles. The molecular weight excluding hydrogens is 264 g/mol. The SMILES string of the molecule is CCOc1cccc(Oc2cccc(Cl)c2CN)n1. The minimum absolute atomic E-state index is 0.306. The van der Waals surface area contributed by atoms with Gasteiger partial charge in [-0.3, -0.25) is 0 Å². The molecule has 0 aliphatic rings. The lowest BCUT2D eigenvalue weighted by atomic mass is 10.2. The maximum absolute atomic E-state index is 6.07. The lowest BCUT2D eigenvalue weighted by Crippen LogP contribution is -2.01. The van der Waals surface area contributed by atoms with Crippen molar-refractivity contribution < 1.29 is 9.47 Å². The van der Waals surface area contributed by atoms with Gasteiger partial charge >= 0.3 is 0 Å². The average molecular weight is 279 g/mol. The number of hydrogen-bond acceptors (Lipinski definition) is 4. The van der Waals surface area contributed by atoms with Crippen LogP contribution < -0.4 is 15.2 Å². The Kier molecular flexibility index (Phi) is 4.60. The molecule has 0 atom stereocenters. The Labute approximate surface area is 117 Å². The van der Waals surface area contributed by atoms with Crippen LogP contribution in [0.15, 0.2) is 36.4 Å². The highest BCUT2D eigenvalue weighted by Gasteiger charge is 2.08. The molecule has 2 rings (SSSR count). The summed E-state index contributed by atoms with van der Waals surface area (Å²) in [6.45, 7) is 2.76. The minimum atomic E-state index is 0.306. The molecule has 0 spiro atoms. The molecule has 1 aromatic heterocycles. The molecule has 0 aliphatic heterocycles. The van der Waals surface area contributed by atoms with E-state index < -0.39 is 0 Å². The van der Waals surface area contributed by atoms with Crippen molar-refractivity contribution in [2.75, 3.05) is 6.61 Å². The fourth-order valence-corrected chi connectivity index (χ4v) is 1.87. The van der Waals surface area contributed by atoms with Gasteiger partial charge in [0.15, 0.2) is 0 Å². The van der Waals surface area contributed by atoms with Crippen LogP contribution in [0.2, 0.25) is 5.02 Å². The van der Waals surface area contributed by atoms with E-state index in [1.165, 1.54) is 0 Å². The van der Waals surface area contributed by atoms with Crippen LogP contribution in [0.25, 0.3) is 0 Å². The quantitative estimate of drug-likeness (QED) is 0.911. The normalized spacial score (nSPS) is 10.3. The highest BCUT2D eigenvalue weighted by molar-refractivity contribution is 6.31. The Bertz CT molecular complexity index is 561. The second-order valence-corrected chi connectivity index (χ2v) is 4.18. The maximum atomic E-state index is 6.07. The van der Waals surface area contributed by atoms with E-state index in [-0.39, 0.29) is 0 Å². The average Bonchev–Trinajstić information content (AvgIpc) is 2.40. The van der Waals surface area contributed by atoms with Gasteiger partial charge in [0.1, 0.15) is 5.75 Å². The number of rotatable bonds is 5. The molecule has 19 heavy (non-hydrogen) atoms. The maximum Gasteiger partial charge on any atom is 0.222 e. The van der Waals surface area contributed by atoms with Crippen LogP contribution in [0.3, 0.4) is 0 Å². The van der Waals surface area contributed by atoms with Crippen molar-refractivity contribution in [3.63, 3.8) is 0 Å². The van der Waals surface area contributed by atoms with Crippen molar-refractivity contribution in [1.29, 1.82) is 0 Å². The molecule has 5 heteroatoms. The monoisotopic (exact) mass is 278 g/mol. The number of nitrogens with two attached hydrogens (primary N) is 1. The summed E-state index contributed by atoms with van der Waals surface area (Å²) in [6, 6.07) is 10.7. The first-order valence-corrected chi connectivity index (χ1v) is 6.37. The number of benzene rings is 1. The van der Waals surface area contributed by atoms with Crippen molar-refractivity contribution in [3.8, 4) is 17.5 Å². The standard InChI is InChI=1S/C14H15ClN2O2/c1-2-18-13-7-4-8-14(17-13)19-12-6-3-5-11(15)10(12)9-16/h3-8H,2,9,16H2,1H3. The van der Waals surface area contributed by atoms with Gasteiger partial charge < -0.3 is 15.2 Å². The van der Waals surface area contributed by atoms with E-state index in [0.717, 1.165) is 5.56 Å². The summed E-state index contributed by atoms with van der Waals surface area (Å²) in [7, 11) is 0. The zero-order valence-corrected chi connectivity index (χ0v) is 11.4. The molecule has 0 aliphatic carbocycles. The third kappa shape index (κ3) is 3.36. The first kappa shape index (κ1) is 13.6. The van der Waals surface area contributed by atoms with E-state index in [9.17, 15) is 0 Å². The molecule has 0 saturated heterocycles. The number of halogens is 1. The lowest BCUT2D eigenvalue weighted by molar-refractivity contribution is 0.321. The third-order valence-corrected chi connectivity index (χ3v) is 2.84. The largest absolute Gasteiger partial charge is 0.478 e. The van der Waals surface area contributed by atoms with Gasteiger partial charge in [-0.2, -0.15) is 4.98 Å². The van der Waals surface area contributed by atoms with E-state index in [2.05, 4.69) is 4.98 Å². The first-order valence-electron chi connectivity index (χ1n) is 5.99. The van der Waals surface area contributed by atoms with E-state index >= 15 is 0 Å². The molecule has 100 valence electrons. The van der Waals surface area contributed by atoms with Crippen LogP contribution in [-0.4, -0.2) is 11.6 Å². The minimum Gasteiger partial charge on any atom is -0.478 e. The van der Waals surface area contributed by atoms with Gasteiger partial charge in [-0.25, -0.2) is 0 Å². The Morgan fingerprint density at radius 3 is 2.63 bits per heavy atom. The van der Waals surface area contributed by atoms with Crippen molar-refractivity contribution in [2.24, 2.45) is 5.73 Å². The molecule has 0 radical (unpaired) electrons. The van der Waals surface area contributed by atoms with E-state index in [1.54, 1.807) is 18.2 Å². The van der Waals surface area contributed by atoms with Crippen molar-refractivity contribution in [2.45, 2.75) is 13.5 Å². The Morgan fingerprint density at radius 1 is 1.16 bits per heavy atom. The van der Waals surface area contributed by atoms with Gasteiger partial charge in [-0.1, -0.05) is 23.7 Å². The van der Waals surface area contributed by atoms with Gasteiger partial charge in [0.2, 0.25) is 11.8 Å². The van der Waals surface area contributed by atoms with Gasteiger partial charge in [-0.05, 0) is 19.1 Å². The lowest BCUT2D eigenvalue weighted by Gasteiger charge is -2.11. The third-order valence-electron chi connectivity index (χ3n) is 2.48. The first-order chi connectivity index (χ1) is 9.24. The number of nitrogens with zero attached hydrogens (tertiary/aromatic N) is 1. The highest BCUT2D eigenvalue weighted by atomic mass is 35.5. The zero-order valence-electron chi connectivity index (χ0n) is 10.6. The second kappa shape index (κ2) is 6.41. The van der Waals surface area contributed by atoms with Crippen LogP contribution in [0.1, 0.15) is 12.5 Å². The predicted octanol–water partition coefficient (Wildman–Crippen LogP) is 3.38. The zero-order chi connectivity index (χ0) is 13.7. The molecule has 0 amide bonds. The van der Waals surface area contributed by atoms with Crippen molar-refractivity contribution in [3.05, 3.63) is 47.0 Å². The molecular formula is C14H15ClN2O2. The molecule has 0 bridgehead atoms. The highest BCUT2D eigenvalue weighted by Crippen LogP contribution is 2.29. The Hall–Kier alpha value is -1.78. The second-order valence-electron chi connectivity index (χ2n) is 3.77. The molecule has 4 nitrogen and oxygen atoms in total. The summed E-state index contributed by atoms with van der Waals surface area (Å²) < 4.78 is 11.0. The van der Waals surface area contributed by atoms with Crippen molar-refractivity contribution in [1.82, 2.24) is 4.98 Å². The van der Waals surface area contributed by atoms with Gasteiger partial charge in [0.25, 0.3) is 0 Å². The number of aromatic nitrogens is 1. The molecule has 0 fully saturated rings. The fourth-order valence-electron chi connectivity index (χ4n) is 1.63. The fraction of sp³-hybridized carbons (Fsp3) is 0.214. The molecule has 0 saturated carbocycles. The van der Waals surface area contributed by atoms with Crippen LogP contribution in [0.4, 0.5) is 0 Å². The van der Waals surface area contributed by atoms with Crippen LogP contribution in [0.5, 0.6) is 17.5 Å². The van der Waals surface area contributed by atoms with Gasteiger partial charge in [-0.15, -0.1) is 0 Å². The number of hydrogen-bond donors (Lipinski definition) is 1. The van der Waals surface area contributed by atoms with Crippen LogP contribution in [0, 0.1) is 0 Å². The summed E-state index contributed by atoms with van der Waals surface area (Å²) in [5.41, 5.74) is 6.43. The number of ether oxygens (including phenoxy) is 2. The summed E-state index contributed by atoms with van der Waals surface area (Å²) in [6.07, 6.45) is 0. The molecule has 2 aromatic rings. The predicted molar refractivity (Wildman–Crippen MR) is 74.8 cm³/mol. The number of pyridine rings is 1. The summed E-state index contributed by atoms with van der Waals surface area (Å²) >= 11 is 6.07. The molecule has 0 unspecified atom stereocenters. The van der Waals surface area contributed by atoms with Gasteiger partial charge in [0, 0.05) is 29.3 Å². The summed E-state index contributed by atoms with van der Waals surface area (Å²) in [5.74, 6) is 1.58. The Morgan fingerprint density at radius 2 is 1.89 bits per heavy atom. The van der Waals surface area contributed by atoms with E-state index in [0.29, 0.717) is 35.7 Å². The smallest absolute Gasteiger partial charge is 0.222 e. The van der Waals surface area contributed by atoms with Gasteiger partial charge in [0.05, 0.1) is 6.61 Å². The summed E-state index contributed by atoms with van der Waals surface area (Å²) in [5, 5.41) is 0.584. The van der Waals surface area contributed by atoms with Crippen LogP contribution in [-0.2, 0) is 6.54 Å². The molecule has 2 N–H and O–H groups in total.